The number of rotatable bonds is 7. The minimum atomic E-state index is -1.02. The van der Waals surface area contributed by atoms with Crippen LogP contribution in [0.25, 0.3) is 11.1 Å². The lowest BCUT2D eigenvalue weighted by Crippen LogP contribution is -2.38. The molecule has 2 amide bonds. The highest BCUT2D eigenvalue weighted by Gasteiger charge is 2.30. The van der Waals surface area contributed by atoms with Gasteiger partial charge in [-0.15, -0.1) is 0 Å². The van der Waals surface area contributed by atoms with Crippen LogP contribution in [0, 0.1) is 0 Å². The number of amides is 2. The molecule has 0 fully saturated rings. The summed E-state index contributed by atoms with van der Waals surface area (Å²) in [6, 6.07) is 12.7. The average Bonchev–Trinajstić information content (AvgIpc) is 2.81. The summed E-state index contributed by atoms with van der Waals surface area (Å²) >= 11 is 0. The Morgan fingerprint density at radius 1 is 1.14 bits per heavy atom. The number of carboxylic acids is 1. The van der Waals surface area contributed by atoms with Gasteiger partial charge < -0.3 is 25.4 Å². The summed E-state index contributed by atoms with van der Waals surface area (Å²) in [5.41, 5.74) is 8.00. The predicted molar refractivity (Wildman–Crippen MR) is 108 cm³/mol. The zero-order valence-electron chi connectivity index (χ0n) is 16.1. The van der Waals surface area contributed by atoms with Crippen LogP contribution in [0.15, 0.2) is 42.5 Å². The maximum atomic E-state index is 13.0. The van der Waals surface area contributed by atoms with Gasteiger partial charge in [-0.1, -0.05) is 18.2 Å². The molecule has 2 aromatic rings. The van der Waals surface area contributed by atoms with Gasteiger partial charge in [0.15, 0.2) is 0 Å². The van der Waals surface area contributed by atoms with Crippen LogP contribution in [0.5, 0.6) is 5.75 Å². The van der Waals surface area contributed by atoms with Crippen LogP contribution in [-0.4, -0.2) is 61.1 Å². The molecule has 3 rings (SSSR count). The van der Waals surface area contributed by atoms with Crippen LogP contribution in [0.3, 0.4) is 0 Å². The van der Waals surface area contributed by atoms with Gasteiger partial charge in [0.05, 0.1) is 17.7 Å². The van der Waals surface area contributed by atoms with Crippen LogP contribution in [0.1, 0.15) is 16.8 Å². The van der Waals surface area contributed by atoms with E-state index in [1.54, 1.807) is 19.2 Å². The summed E-state index contributed by atoms with van der Waals surface area (Å²) in [6.07, 6.45) is -0.220. The molecule has 0 bridgehead atoms. The number of carbonyl (C=O) groups excluding carboxylic acids is 2. The van der Waals surface area contributed by atoms with Crippen molar-refractivity contribution in [2.45, 2.75) is 6.42 Å². The van der Waals surface area contributed by atoms with Gasteiger partial charge in [-0.3, -0.25) is 14.4 Å². The van der Waals surface area contributed by atoms with E-state index in [9.17, 15) is 14.4 Å². The van der Waals surface area contributed by atoms with Crippen molar-refractivity contribution < 1.29 is 24.2 Å². The third-order valence-electron chi connectivity index (χ3n) is 4.75. The minimum Gasteiger partial charge on any atom is -0.492 e. The molecule has 0 saturated carbocycles. The molecule has 2 aromatic carbocycles. The topological polar surface area (TPSA) is 113 Å². The Morgan fingerprint density at radius 2 is 1.83 bits per heavy atom. The molecule has 0 aliphatic carbocycles. The number of nitrogens with zero attached hydrogens (tertiary/aromatic N) is 2. The number of carboxylic acid groups (broad SMARTS) is 1. The van der Waals surface area contributed by atoms with Crippen molar-refractivity contribution in [3.63, 3.8) is 0 Å². The monoisotopic (exact) mass is 397 g/mol. The standard InChI is InChI=1S/C21H23N3O5/c1-23-18-7-4-15(14-2-5-16(6-3-14)29-11-9-22)12-17(18)21(28)24(13-19(23)25)10-8-20(26)27/h2-7,12H,8-11,13,22H2,1H3,(H,26,27). The van der Waals surface area contributed by atoms with Crippen molar-refractivity contribution in [3.8, 4) is 16.9 Å². The lowest BCUT2D eigenvalue weighted by Gasteiger charge is -2.19. The third kappa shape index (κ3) is 4.55. The fraction of sp³-hybridized carbons (Fsp3) is 0.286. The molecule has 1 aliphatic rings. The van der Waals surface area contributed by atoms with Crippen molar-refractivity contribution in [3.05, 3.63) is 48.0 Å². The fourth-order valence-electron chi connectivity index (χ4n) is 3.16. The van der Waals surface area contributed by atoms with Gasteiger partial charge in [-0.2, -0.15) is 0 Å². The maximum absolute atomic E-state index is 13.0. The number of benzene rings is 2. The summed E-state index contributed by atoms with van der Waals surface area (Å²) in [4.78, 5) is 39.1. The number of hydrogen-bond acceptors (Lipinski definition) is 5. The highest BCUT2D eigenvalue weighted by atomic mass is 16.5. The molecule has 8 heteroatoms. The molecule has 29 heavy (non-hydrogen) atoms. The van der Waals surface area contributed by atoms with Gasteiger partial charge in [0, 0.05) is 20.1 Å². The van der Waals surface area contributed by atoms with Crippen molar-refractivity contribution in [2.24, 2.45) is 5.73 Å². The Hall–Kier alpha value is -3.39. The van der Waals surface area contributed by atoms with Crippen molar-refractivity contribution >= 4 is 23.5 Å². The molecule has 0 saturated heterocycles. The van der Waals surface area contributed by atoms with Crippen LogP contribution < -0.4 is 15.4 Å². The normalized spacial score (nSPS) is 13.9. The van der Waals surface area contributed by atoms with Gasteiger partial charge in [0.25, 0.3) is 5.91 Å². The molecular weight excluding hydrogens is 374 g/mol. The number of likely N-dealkylation sites (N-methyl/N-ethyl adjacent to an activating group) is 1. The van der Waals surface area contributed by atoms with E-state index in [4.69, 9.17) is 15.6 Å². The fourth-order valence-corrected chi connectivity index (χ4v) is 3.16. The number of aliphatic carboxylic acids is 1. The second-order valence-corrected chi connectivity index (χ2v) is 6.72. The molecule has 0 radical (unpaired) electrons. The summed E-state index contributed by atoms with van der Waals surface area (Å²) < 4.78 is 5.48. The summed E-state index contributed by atoms with van der Waals surface area (Å²) in [6.45, 7) is 0.683. The second-order valence-electron chi connectivity index (χ2n) is 6.72. The van der Waals surface area contributed by atoms with Gasteiger partial charge in [-0.25, -0.2) is 0 Å². The first-order chi connectivity index (χ1) is 13.9. The summed E-state index contributed by atoms with van der Waals surface area (Å²) in [5.74, 6) is -0.940. The number of fused-ring (bicyclic) bond motifs is 1. The molecule has 0 spiro atoms. The van der Waals surface area contributed by atoms with E-state index in [0.717, 1.165) is 11.1 Å². The predicted octanol–water partition coefficient (Wildman–Crippen LogP) is 1.58. The Bertz CT molecular complexity index is 926. The first-order valence-electron chi connectivity index (χ1n) is 9.25. The molecule has 8 nitrogen and oxygen atoms in total. The van der Waals surface area contributed by atoms with Gasteiger partial charge >= 0.3 is 5.97 Å². The summed E-state index contributed by atoms with van der Waals surface area (Å²) in [5, 5.41) is 8.93. The van der Waals surface area contributed by atoms with E-state index < -0.39 is 5.97 Å². The first-order valence-corrected chi connectivity index (χ1v) is 9.25. The number of ether oxygens (including phenoxy) is 1. The van der Waals surface area contributed by atoms with Crippen molar-refractivity contribution in [1.29, 1.82) is 0 Å². The van der Waals surface area contributed by atoms with E-state index in [2.05, 4.69) is 0 Å². The number of anilines is 1. The van der Waals surface area contributed by atoms with E-state index in [-0.39, 0.29) is 31.3 Å². The van der Waals surface area contributed by atoms with E-state index in [1.807, 2.05) is 30.3 Å². The van der Waals surface area contributed by atoms with Crippen LogP contribution >= 0.6 is 0 Å². The minimum absolute atomic E-state index is 0.0232. The molecule has 152 valence electrons. The van der Waals surface area contributed by atoms with Crippen molar-refractivity contribution in [2.75, 3.05) is 38.2 Å². The van der Waals surface area contributed by atoms with Gasteiger partial charge in [0.1, 0.15) is 18.9 Å². The zero-order chi connectivity index (χ0) is 21.0. The van der Waals surface area contributed by atoms with Crippen LogP contribution in [0.2, 0.25) is 0 Å². The largest absolute Gasteiger partial charge is 0.492 e. The van der Waals surface area contributed by atoms with E-state index in [1.165, 1.54) is 9.80 Å². The van der Waals surface area contributed by atoms with E-state index in [0.29, 0.717) is 30.2 Å². The SMILES string of the molecule is CN1C(=O)CN(CCC(=O)O)C(=O)c2cc(-c3ccc(OCCN)cc3)ccc21. The first kappa shape index (κ1) is 20.3. The number of carbonyl (C=O) groups is 3. The number of nitrogens with two attached hydrogens (primary N) is 1. The van der Waals surface area contributed by atoms with Gasteiger partial charge in [0.2, 0.25) is 5.91 Å². The second kappa shape index (κ2) is 8.74. The molecule has 0 aromatic heterocycles. The Kier molecular flexibility index (Phi) is 6.13. The third-order valence-corrected chi connectivity index (χ3v) is 4.75. The molecule has 1 heterocycles. The molecule has 1 aliphatic heterocycles. The molecule has 0 atom stereocenters. The average molecular weight is 397 g/mol. The molecule has 3 N–H and O–H groups in total. The van der Waals surface area contributed by atoms with Crippen LogP contribution in [-0.2, 0) is 9.59 Å². The smallest absolute Gasteiger partial charge is 0.305 e. The quantitative estimate of drug-likeness (QED) is 0.733. The zero-order valence-corrected chi connectivity index (χ0v) is 16.1. The van der Waals surface area contributed by atoms with Crippen LogP contribution in [0.4, 0.5) is 5.69 Å². The molecule has 0 unspecified atom stereocenters. The Balaban J connectivity index is 1.93. The molecular formula is C21H23N3O5. The highest BCUT2D eigenvalue weighted by Crippen LogP contribution is 2.31. The lowest BCUT2D eigenvalue weighted by atomic mass is 10.0. The number of hydrogen-bond donors (Lipinski definition) is 2. The maximum Gasteiger partial charge on any atom is 0.305 e. The van der Waals surface area contributed by atoms with Crippen molar-refractivity contribution in [1.82, 2.24) is 4.90 Å². The lowest BCUT2D eigenvalue weighted by molar-refractivity contribution is -0.137. The highest BCUT2D eigenvalue weighted by molar-refractivity contribution is 6.10. The van der Waals surface area contributed by atoms with Gasteiger partial charge in [-0.05, 0) is 35.4 Å². The Labute approximate surface area is 168 Å². The van der Waals surface area contributed by atoms with E-state index >= 15 is 0 Å². The summed E-state index contributed by atoms with van der Waals surface area (Å²) in [7, 11) is 1.61. The Morgan fingerprint density at radius 3 is 2.48 bits per heavy atom.